The summed E-state index contributed by atoms with van der Waals surface area (Å²) >= 11 is 0. The minimum Gasteiger partial charge on any atom is -0.497 e. The van der Waals surface area contributed by atoms with Gasteiger partial charge >= 0.3 is 0 Å². The Bertz CT molecular complexity index is 1240. The first kappa shape index (κ1) is 22.2. The molecule has 0 spiro atoms. The summed E-state index contributed by atoms with van der Waals surface area (Å²) in [7, 11) is -2.17. The van der Waals surface area contributed by atoms with Gasteiger partial charge in [-0.15, -0.1) is 0 Å². The zero-order chi connectivity index (χ0) is 22.4. The maximum Gasteiger partial charge on any atom is 0.267 e. The first-order valence-electron chi connectivity index (χ1n) is 9.37. The molecule has 10 heteroatoms. The Hall–Kier alpha value is -3.50. The van der Waals surface area contributed by atoms with Crippen molar-refractivity contribution in [1.29, 1.82) is 0 Å². The topological polar surface area (TPSA) is 133 Å². The second-order valence-electron chi connectivity index (χ2n) is 6.74. The quantitative estimate of drug-likeness (QED) is 0.533. The molecule has 1 heterocycles. The highest BCUT2D eigenvalue weighted by Gasteiger charge is 2.10. The molecule has 0 unspecified atom stereocenters. The maximum atomic E-state index is 12.3. The highest BCUT2D eigenvalue weighted by molar-refractivity contribution is 7.89. The summed E-state index contributed by atoms with van der Waals surface area (Å²) in [4.78, 5) is 24.4. The number of carbonyl (C=O) groups excluding carboxylic acids is 1. The van der Waals surface area contributed by atoms with Crippen molar-refractivity contribution in [3.8, 4) is 17.0 Å². The molecule has 0 saturated carbocycles. The lowest BCUT2D eigenvalue weighted by molar-refractivity contribution is -0.121. The van der Waals surface area contributed by atoms with E-state index < -0.39 is 10.0 Å². The van der Waals surface area contributed by atoms with Crippen LogP contribution in [0.4, 0.5) is 0 Å². The van der Waals surface area contributed by atoms with Crippen LogP contribution in [0.2, 0.25) is 0 Å². The number of rotatable bonds is 8. The summed E-state index contributed by atoms with van der Waals surface area (Å²) in [6, 6.07) is 16.3. The van der Waals surface area contributed by atoms with E-state index in [9.17, 15) is 18.0 Å². The molecule has 9 nitrogen and oxygen atoms in total. The van der Waals surface area contributed by atoms with Crippen LogP contribution in [0.25, 0.3) is 11.3 Å². The predicted octanol–water partition coefficient (Wildman–Crippen LogP) is 0.925. The SMILES string of the molecule is COc1cccc(-c2ccc(=O)n(CC(=O)NCCc3ccc(S(N)(=O)=O)cc3)n2)c1. The molecule has 0 fully saturated rings. The van der Waals surface area contributed by atoms with E-state index in [1.165, 1.54) is 18.2 Å². The average Bonchev–Trinajstić information content (AvgIpc) is 2.75. The third kappa shape index (κ3) is 6.00. The van der Waals surface area contributed by atoms with Gasteiger partial charge in [0.15, 0.2) is 0 Å². The van der Waals surface area contributed by atoms with Crippen molar-refractivity contribution >= 4 is 15.9 Å². The van der Waals surface area contributed by atoms with Crippen molar-refractivity contribution in [2.75, 3.05) is 13.7 Å². The molecule has 1 aromatic heterocycles. The molecule has 0 saturated heterocycles. The lowest BCUT2D eigenvalue weighted by atomic mass is 10.1. The number of methoxy groups -OCH3 is 1. The lowest BCUT2D eigenvalue weighted by Crippen LogP contribution is -2.34. The van der Waals surface area contributed by atoms with Gasteiger partial charge in [0, 0.05) is 18.2 Å². The van der Waals surface area contributed by atoms with E-state index in [0.717, 1.165) is 15.8 Å². The number of nitrogens with one attached hydrogen (secondary N) is 1. The fourth-order valence-corrected chi connectivity index (χ4v) is 3.40. The predicted molar refractivity (Wildman–Crippen MR) is 115 cm³/mol. The van der Waals surface area contributed by atoms with E-state index in [0.29, 0.717) is 24.4 Å². The van der Waals surface area contributed by atoms with Crippen LogP contribution in [0.1, 0.15) is 5.56 Å². The monoisotopic (exact) mass is 442 g/mol. The number of ether oxygens (including phenoxy) is 1. The summed E-state index contributed by atoms with van der Waals surface area (Å²) in [5.41, 5.74) is 1.75. The molecule has 0 bridgehead atoms. The normalized spacial score (nSPS) is 11.2. The number of nitrogens with two attached hydrogens (primary N) is 1. The lowest BCUT2D eigenvalue weighted by Gasteiger charge is -2.09. The van der Waals surface area contributed by atoms with Gasteiger partial charge in [0.05, 0.1) is 17.7 Å². The first-order valence-corrected chi connectivity index (χ1v) is 10.9. The second kappa shape index (κ2) is 9.54. The van der Waals surface area contributed by atoms with Gasteiger partial charge in [0.25, 0.3) is 5.56 Å². The summed E-state index contributed by atoms with van der Waals surface area (Å²) in [5, 5.41) is 12.1. The number of hydrogen-bond acceptors (Lipinski definition) is 6. The number of benzene rings is 2. The molecule has 0 atom stereocenters. The van der Waals surface area contributed by atoms with E-state index in [2.05, 4.69) is 10.4 Å². The summed E-state index contributed by atoms with van der Waals surface area (Å²) in [6.07, 6.45) is 0.489. The van der Waals surface area contributed by atoms with E-state index >= 15 is 0 Å². The van der Waals surface area contributed by atoms with Crippen LogP contribution in [0.5, 0.6) is 5.75 Å². The van der Waals surface area contributed by atoms with Gasteiger partial charge in [-0.05, 0) is 42.3 Å². The Kier molecular flexibility index (Phi) is 6.83. The minimum atomic E-state index is -3.74. The summed E-state index contributed by atoms with van der Waals surface area (Å²) in [5.74, 6) is 0.297. The van der Waals surface area contributed by atoms with Crippen LogP contribution in [-0.2, 0) is 27.8 Å². The number of nitrogens with zero attached hydrogens (tertiary/aromatic N) is 2. The molecule has 0 radical (unpaired) electrons. The molecule has 31 heavy (non-hydrogen) atoms. The highest BCUT2D eigenvalue weighted by Crippen LogP contribution is 2.21. The molecule has 0 aliphatic carbocycles. The van der Waals surface area contributed by atoms with Gasteiger partial charge in [-0.3, -0.25) is 9.59 Å². The smallest absolute Gasteiger partial charge is 0.267 e. The van der Waals surface area contributed by atoms with Gasteiger partial charge in [-0.25, -0.2) is 18.2 Å². The summed E-state index contributed by atoms with van der Waals surface area (Å²) < 4.78 is 28.9. The Labute approximate surface area is 179 Å². The largest absolute Gasteiger partial charge is 0.497 e. The number of sulfonamides is 1. The molecule has 0 aliphatic rings. The number of aromatic nitrogens is 2. The fraction of sp³-hybridized carbons (Fsp3) is 0.190. The molecule has 2 aromatic carbocycles. The van der Waals surface area contributed by atoms with E-state index in [-0.39, 0.29) is 22.9 Å². The van der Waals surface area contributed by atoms with Gasteiger partial charge in [0.2, 0.25) is 15.9 Å². The number of amides is 1. The molecule has 3 aromatic rings. The van der Waals surface area contributed by atoms with Gasteiger partial charge < -0.3 is 10.1 Å². The fourth-order valence-electron chi connectivity index (χ4n) is 2.88. The standard InChI is InChI=1S/C21H22N4O5S/c1-30-17-4-2-3-16(13-17)19-9-10-21(27)25(24-19)14-20(26)23-12-11-15-5-7-18(8-6-15)31(22,28)29/h2-10,13H,11-12,14H2,1H3,(H,23,26)(H2,22,28,29). The zero-order valence-corrected chi connectivity index (χ0v) is 17.6. The van der Waals surface area contributed by atoms with Crippen molar-refractivity contribution in [2.45, 2.75) is 17.9 Å². The number of primary sulfonamides is 1. The molecule has 3 N–H and O–H groups in total. The molecular weight excluding hydrogens is 420 g/mol. The Morgan fingerprint density at radius 1 is 1.13 bits per heavy atom. The van der Waals surface area contributed by atoms with Crippen LogP contribution in [0.3, 0.4) is 0 Å². The second-order valence-corrected chi connectivity index (χ2v) is 8.30. The molecule has 0 aliphatic heterocycles. The van der Waals surface area contributed by atoms with Gasteiger partial charge in [-0.1, -0.05) is 24.3 Å². The Balaban J connectivity index is 1.60. The third-order valence-electron chi connectivity index (χ3n) is 4.51. The van der Waals surface area contributed by atoms with Gasteiger partial charge in [0.1, 0.15) is 12.3 Å². The molecule has 1 amide bonds. The third-order valence-corrected chi connectivity index (χ3v) is 5.44. The van der Waals surface area contributed by atoms with Crippen molar-refractivity contribution in [1.82, 2.24) is 15.1 Å². The molecular formula is C21H22N4O5S. The Morgan fingerprint density at radius 2 is 1.87 bits per heavy atom. The van der Waals surface area contributed by atoms with Crippen molar-refractivity contribution in [2.24, 2.45) is 5.14 Å². The average molecular weight is 442 g/mol. The first-order chi connectivity index (χ1) is 14.8. The molecule has 162 valence electrons. The zero-order valence-electron chi connectivity index (χ0n) is 16.8. The van der Waals surface area contributed by atoms with Crippen molar-refractivity contribution < 1.29 is 17.9 Å². The van der Waals surface area contributed by atoms with E-state index in [4.69, 9.17) is 9.88 Å². The molecule has 3 rings (SSSR count). The summed E-state index contributed by atoms with van der Waals surface area (Å²) in [6.45, 7) is 0.0961. The number of hydrogen-bond donors (Lipinski definition) is 2. The van der Waals surface area contributed by atoms with E-state index in [1.54, 1.807) is 37.4 Å². The van der Waals surface area contributed by atoms with E-state index in [1.807, 2.05) is 12.1 Å². The minimum absolute atomic E-state index is 0.0293. The van der Waals surface area contributed by atoms with Crippen LogP contribution in [0, 0.1) is 0 Å². The maximum absolute atomic E-state index is 12.3. The van der Waals surface area contributed by atoms with Crippen LogP contribution in [0.15, 0.2) is 70.4 Å². The van der Waals surface area contributed by atoms with Gasteiger partial charge in [-0.2, -0.15) is 5.10 Å². The van der Waals surface area contributed by atoms with Crippen LogP contribution < -0.4 is 20.8 Å². The highest BCUT2D eigenvalue weighted by atomic mass is 32.2. The van der Waals surface area contributed by atoms with Crippen molar-refractivity contribution in [3.63, 3.8) is 0 Å². The van der Waals surface area contributed by atoms with Crippen LogP contribution in [-0.4, -0.2) is 37.8 Å². The van der Waals surface area contributed by atoms with Crippen LogP contribution >= 0.6 is 0 Å². The Morgan fingerprint density at radius 3 is 2.55 bits per heavy atom. The number of carbonyl (C=O) groups is 1. The van der Waals surface area contributed by atoms with Crippen molar-refractivity contribution in [3.05, 3.63) is 76.6 Å².